The predicted molar refractivity (Wildman–Crippen MR) is 85.0 cm³/mol. The molecule has 1 heterocycles. The number of aliphatic hydroxyl groups is 1. The molecule has 1 aliphatic heterocycles. The van der Waals surface area contributed by atoms with E-state index in [9.17, 15) is 5.11 Å². The van der Waals surface area contributed by atoms with E-state index >= 15 is 0 Å². The SMILES string of the molecule is CC(C)C1CCN(CCC(O)c2cccc(Cl)c2)CC1. The second kappa shape index (κ2) is 7.44. The highest BCUT2D eigenvalue weighted by atomic mass is 35.5. The van der Waals surface area contributed by atoms with E-state index in [1.807, 2.05) is 24.3 Å². The van der Waals surface area contributed by atoms with Crippen LogP contribution >= 0.6 is 11.6 Å². The molecule has 2 nitrogen and oxygen atoms in total. The van der Waals surface area contributed by atoms with Crippen molar-refractivity contribution in [2.24, 2.45) is 11.8 Å². The van der Waals surface area contributed by atoms with Crippen molar-refractivity contribution in [2.75, 3.05) is 19.6 Å². The Labute approximate surface area is 127 Å². The Bertz CT molecular complexity index is 413. The highest BCUT2D eigenvalue weighted by molar-refractivity contribution is 6.30. The van der Waals surface area contributed by atoms with Gasteiger partial charge in [0.1, 0.15) is 0 Å². The van der Waals surface area contributed by atoms with Gasteiger partial charge in [-0.15, -0.1) is 0 Å². The van der Waals surface area contributed by atoms with Crippen LogP contribution in [0.25, 0.3) is 0 Å². The van der Waals surface area contributed by atoms with Crippen LogP contribution in [-0.4, -0.2) is 29.6 Å². The van der Waals surface area contributed by atoms with Gasteiger partial charge in [-0.25, -0.2) is 0 Å². The minimum absolute atomic E-state index is 0.406. The fraction of sp³-hybridized carbons (Fsp3) is 0.647. The Balaban J connectivity index is 1.76. The quantitative estimate of drug-likeness (QED) is 0.883. The van der Waals surface area contributed by atoms with Crippen LogP contribution in [0.15, 0.2) is 24.3 Å². The molecule has 20 heavy (non-hydrogen) atoms. The molecule has 1 aliphatic rings. The third-order valence-corrected chi connectivity index (χ3v) is 4.76. The Hall–Kier alpha value is -0.570. The molecule has 0 aromatic heterocycles. The first-order chi connectivity index (χ1) is 9.56. The molecule has 1 N–H and O–H groups in total. The monoisotopic (exact) mass is 295 g/mol. The lowest BCUT2D eigenvalue weighted by atomic mass is 9.86. The van der Waals surface area contributed by atoms with Gasteiger partial charge in [0.15, 0.2) is 0 Å². The van der Waals surface area contributed by atoms with Gasteiger partial charge in [-0.2, -0.15) is 0 Å². The molecule has 0 aliphatic carbocycles. The lowest BCUT2D eigenvalue weighted by Gasteiger charge is -2.34. The summed E-state index contributed by atoms with van der Waals surface area (Å²) in [5.41, 5.74) is 0.926. The molecule has 1 atom stereocenters. The largest absolute Gasteiger partial charge is 0.388 e. The molecule has 0 bridgehead atoms. The molecule has 1 unspecified atom stereocenters. The number of hydrogen-bond donors (Lipinski definition) is 1. The molecule has 0 radical (unpaired) electrons. The number of likely N-dealkylation sites (tertiary alicyclic amines) is 1. The molecule has 0 spiro atoms. The van der Waals surface area contributed by atoms with Gasteiger partial charge in [-0.05, 0) is 61.9 Å². The summed E-state index contributed by atoms with van der Waals surface area (Å²) >= 11 is 5.96. The van der Waals surface area contributed by atoms with Gasteiger partial charge in [0.2, 0.25) is 0 Å². The summed E-state index contributed by atoms with van der Waals surface area (Å²) < 4.78 is 0. The van der Waals surface area contributed by atoms with Crippen molar-refractivity contribution in [3.05, 3.63) is 34.9 Å². The van der Waals surface area contributed by atoms with Crippen LogP contribution < -0.4 is 0 Å². The van der Waals surface area contributed by atoms with Crippen molar-refractivity contribution in [1.29, 1.82) is 0 Å². The first-order valence-electron chi connectivity index (χ1n) is 7.72. The maximum absolute atomic E-state index is 10.2. The number of aliphatic hydroxyl groups excluding tert-OH is 1. The summed E-state index contributed by atoms with van der Waals surface area (Å²) in [6.45, 7) is 7.96. The van der Waals surface area contributed by atoms with Crippen LogP contribution in [0, 0.1) is 11.8 Å². The van der Waals surface area contributed by atoms with E-state index in [0.29, 0.717) is 5.02 Å². The van der Waals surface area contributed by atoms with E-state index in [0.717, 1.165) is 30.4 Å². The van der Waals surface area contributed by atoms with Crippen molar-refractivity contribution in [2.45, 2.75) is 39.2 Å². The van der Waals surface area contributed by atoms with E-state index in [-0.39, 0.29) is 0 Å². The van der Waals surface area contributed by atoms with Crippen LogP contribution in [-0.2, 0) is 0 Å². The van der Waals surface area contributed by atoms with Gasteiger partial charge in [-0.3, -0.25) is 0 Å². The third-order valence-electron chi connectivity index (χ3n) is 4.53. The number of benzene rings is 1. The molecule has 1 saturated heterocycles. The molecular weight excluding hydrogens is 270 g/mol. The molecule has 0 amide bonds. The number of rotatable bonds is 5. The van der Waals surface area contributed by atoms with Gasteiger partial charge in [-0.1, -0.05) is 37.6 Å². The molecule has 3 heteroatoms. The van der Waals surface area contributed by atoms with E-state index in [2.05, 4.69) is 18.7 Å². The molecule has 112 valence electrons. The first kappa shape index (κ1) is 15.8. The second-order valence-electron chi connectivity index (χ2n) is 6.28. The zero-order chi connectivity index (χ0) is 14.5. The smallest absolute Gasteiger partial charge is 0.0802 e. The van der Waals surface area contributed by atoms with Crippen LogP contribution in [0.2, 0.25) is 5.02 Å². The number of halogens is 1. The molecule has 1 fully saturated rings. The van der Waals surface area contributed by atoms with Crippen molar-refractivity contribution in [3.63, 3.8) is 0 Å². The van der Waals surface area contributed by atoms with Crippen LogP contribution in [0.3, 0.4) is 0 Å². The number of hydrogen-bond acceptors (Lipinski definition) is 2. The first-order valence-corrected chi connectivity index (χ1v) is 8.10. The average molecular weight is 296 g/mol. The maximum Gasteiger partial charge on any atom is 0.0802 e. The van der Waals surface area contributed by atoms with Crippen molar-refractivity contribution in [1.82, 2.24) is 4.90 Å². The average Bonchev–Trinajstić information content (AvgIpc) is 2.45. The van der Waals surface area contributed by atoms with Gasteiger partial charge in [0.25, 0.3) is 0 Å². The Morgan fingerprint density at radius 2 is 2.00 bits per heavy atom. The Morgan fingerprint density at radius 1 is 1.30 bits per heavy atom. The zero-order valence-corrected chi connectivity index (χ0v) is 13.3. The molecule has 2 rings (SSSR count). The third kappa shape index (κ3) is 4.47. The Morgan fingerprint density at radius 3 is 2.60 bits per heavy atom. The Kier molecular flexibility index (Phi) is 5.88. The van der Waals surface area contributed by atoms with Crippen LogP contribution in [0.1, 0.15) is 44.8 Å². The highest BCUT2D eigenvalue weighted by Crippen LogP contribution is 2.26. The summed E-state index contributed by atoms with van der Waals surface area (Å²) in [6, 6.07) is 7.54. The van der Waals surface area contributed by atoms with E-state index in [4.69, 9.17) is 11.6 Å². The fourth-order valence-electron chi connectivity index (χ4n) is 3.03. The maximum atomic E-state index is 10.2. The van der Waals surface area contributed by atoms with Crippen molar-refractivity contribution >= 4 is 11.6 Å². The summed E-state index contributed by atoms with van der Waals surface area (Å²) in [4.78, 5) is 2.48. The topological polar surface area (TPSA) is 23.5 Å². The number of nitrogens with zero attached hydrogens (tertiary/aromatic N) is 1. The standard InChI is InChI=1S/C17H26ClNO/c1-13(2)14-6-9-19(10-7-14)11-8-17(20)15-4-3-5-16(18)12-15/h3-5,12-14,17,20H,6-11H2,1-2H3. The molecular formula is C17H26ClNO. The molecule has 1 aromatic carbocycles. The van der Waals surface area contributed by atoms with Crippen LogP contribution in [0.4, 0.5) is 0 Å². The van der Waals surface area contributed by atoms with Crippen molar-refractivity contribution < 1.29 is 5.11 Å². The number of piperidine rings is 1. The van der Waals surface area contributed by atoms with Crippen LogP contribution in [0.5, 0.6) is 0 Å². The summed E-state index contributed by atoms with van der Waals surface area (Å²) in [5.74, 6) is 1.68. The van der Waals surface area contributed by atoms with Gasteiger partial charge < -0.3 is 10.0 Å². The lowest BCUT2D eigenvalue weighted by Crippen LogP contribution is -2.36. The normalized spacial score (nSPS) is 19.4. The highest BCUT2D eigenvalue weighted by Gasteiger charge is 2.21. The van der Waals surface area contributed by atoms with Gasteiger partial charge in [0, 0.05) is 11.6 Å². The fourth-order valence-corrected chi connectivity index (χ4v) is 3.23. The minimum atomic E-state index is -0.406. The van der Waals surface area contributed by atoms with E-state index in [1.165, 1.54) is 25.9 Å². The summed E-state index contributed by atoms with van der Waals surface area (Å²) in [5, 5.41) is 10.9. The van der Waals surface area contributed by atoms with Gasteiger partial charge >= 0.3 is 0 Å². The van der Waals surface area contributed by atoms with Gasteiger partial charge in [0.05, 0.1) is 6.10 Å². The zero-order valence-electron chi connectivity index (χ0n) is 12.6. The minimum Gasteiger partial charge on any atom is -0.388 e. The molecule has 1 aromatic rings. The second-order valence-corrected chi connectivity index (χ2v) is 6.72. The molecule has 0 saturated carbocycles. The summed E-state index contributed by atoms with van der Waals surface area (Å²) in [6.07, 6.45) is 2.97. The summed E-state index contributed by atoms with van der Waals surface area (Å²) in [7, 11) is 0. The van der Waals surface area contributed by atoms with E-state index < -0.39 is 6.10 Å². The lowest BCUT2D eigenvalue weighted by molar-refractivity contribution is 0.114. The van der Waals surface area contributed by atoms with Crippen molar-refractivity contribution in [3.8, 4) is 0 Å². The predicted octanol–water partition coefficient (Wildman–Crippen LogP) is 4.13. The van der Waals surface area contributed by atoms with E-state index in [1.54, 1.807) is 0 Å².